The molecule has 0 aromatic rings. The van der Waals surface area contributed by atoms with E-state index in [1.807, 2.05) is 0 Å². The SMILES string of the molecule is CO[Si](C)(OC)C1(F)C=C(F)C(F)=C(F)C1F. The molecule has 0 spiro atoms. The molecular weight excluding hydrogens is 263 g/mol. The third kappa shape index (κ3) is 1.93. The van der Waals surface area contributed by atoms with E-state index in [9.17, 15) is 22.0 Å². The van der Waals surface area contributed by atoms with Gasteiger partial charge in [-0.2, -0.15) is 0 Å². The van der Waals surface area contributed by atoms with Crippen LogP contribution in [-0.2, 0) is 8.85 Å². The fourth-order valence-electron chi connectivity index (χ4n) is 1.49. The van der Waals surface area contributed by atoms with Gasteiger partial charge in [-0.3, -0.25) is 0 Å². The Hall–Kier alpha value is -0.733. The summed E-state index contributed by atoms with van der Waals surface area (Å²) in [5.41, 5.74) is 0. The van der Waals surface area contributed by atoms with Crippen LogP contribution in [0.5, 0.6) is 0 Å². The number of hydrogen-bond donors (Lipinski definition) is 0. The average Bonchev–Trinajstić information content (AvgIpc) is 2.32. The molecule has 0 saturated heterocycles. The number of hydrogen-bond acceptors (Lipinski definition) is 2. The van der Waals surface area contributed by atoms with Crippen LogP contribution in [0.4, 0.5) is 22.0 Å². The summed E-state index contributed by atoms with van der Waals surface area (Å²) < 4.78 is 76.1. The highest BCUT2D eigenvalue weighted by atomic mass is 28.4. The molecule has 17 heavy (non-hydrogen) atoms. The van der Waals surface area contributed by atoms with Crippen LogP contribution in [-0.4, -0.2) is 34.2 Å². The molecule has 0 fully saturated rings. The molecule has 2 atom stereocenters. The highest BCUT2D eigenvalue weighted by molar-refractivity contribution is 6.70. The van der Waals surface area contributed by atoms with E-state index < -0.39 is 37.5 Å². The lowest BCUT2D eigenvalue weighted by atomic mass is 10.1. The topological polar surface area (TPSA) is 18.5 Å². The maximum Gasteiger partial charge on any atom is 0.381 e. The highest BCUT2D eigenvalue weighted by Crippen LogP contribution is 2.44. The Kier molecular flexibility index (Phi) is 3.80. The van der Waals surface area contributed by atoms with Crippen molar-refractivity contribution in [3.8, 4) is 0 Å². The zero-order valence-electron chi connectivity index (χ0n) is 9.36. The van der Waals surface area contributed by atoms with Crippen LogP contribution in [0.3, 0.4) is 0 Å². The van der Waals surface area contributed by atoms with Crippen molar-refractivity contribution < 1.29 is 30.8 Å². The van der Waals surface area contributed by atoms with Crippen molar-refractivity contribution in [1.82, 2.24) is 0 Å². The van der Waals surface area contributed by atoms with Crippen molar-refractivity contribution in [1.29, 1.82) is 0 Å². The van der Waals surface area contributed by atoms with Crippen molar-refractivity contribution in [3.05, 3.63) is 23.6 Å². The van der Waals surface area contributed by atoms with E-state index in [1.54, 1.807) is 0 Å². The normalized spacial score (nSPS) is 30.6. The van der Waals surface area contributed by atoms with E-state index >= 15 is 0 Å². The minimum absolute atomic E-state index is 0.0370. The van der Waals surface area contributed by atoms with Crippen LogP contribution >= 0.6 is 0 Å². The van der Waals surface area contributed by atoms with Crippen molar-refractivity contribution in [3.63, 3.8) is 0 Å². The molecule has 0 aromatic heterocycles. The Morgan fingerprint density at radius 3 is 2.12 bits per heavy atom. The summed E-state index contributed by atoms with van der Waals surface area (Å²) in [6, 6.07) is 0. The molecule has 8 heteroatoms. The molecule has 98 valence electrons. The second-order valence-electron chi connectivity index (χ2n) is 3.64. The number of allylic oxidation sites excluding steroid dienone is 4. The standard InChI is InChI=1S/C9H11F5O2Si/c1-15-17(3,16-2)9(14)4-5(10)6(11)7(12)8(9)13/h4,8H,1-3H3. The van der Waals surface area contributed by atoms with Gasteiger partial charge in [0.1, 0.15) is 0 Å². The number of rotatable bonds is 3. The Labute approximate surface area is 96.0 Å². The highest BCUT2D eigenvalue weighted by Gasteiger charge is 2.63. The Morgan fingerprint density at radius 1 is 1.24 bits per heavy atom. The van der Waals surface area contributed by atoms with E-state index in [-0.39, 0.29) is 6.08 Å². The first-order valence-electron chi connectivity index (χ1n) is 4.60. The van der Waals surface area contributed by atoms with Gasteiger partial charge in [0.2, 0.25) is 5.29 Å². The lowest BCUT2D eigenvalue weighted by molar-refractivity contribution is 0.0909. The van der Waals surface area contributed by atoms with Crippen LogP contribution in [0.2, 0.25) is 6.55 Å². The first-order valence-corrected chi connectivity index (χ1v) is 6.92. The Morgan fingerprint density at radius 2 is 1.71 bits per heavy atom. The Bertz CT molecular complexity index is 380. The molecule has 2 nitrogen and oxygen atoms in total. The Balaban J connectivity index is 3.33. The molecule has 1 aliphatic rings. The summed E-state index contributed by atoms with van der Waals surface area (Å²) in [6.45, 7) is 1.08. The van der Waals surface area contributed by atoms with E-state index in [2.05, 4.69) is 0 Å². The maximum absolute atomic E-state index is 14.4. The van der Waals surface area contributed by atoms with Crippen molar-refractivity contribution in [2.45, 2.75) is 18.0 Å². The van der Waals surface area contributed by atoms with Gasteiger partial charge in [0.15, 0.2) is 23.7 Å². The van der Waals surface area contributed by atoms with Crippen LogP contribution in [0.25, 0.3) is 0 Å². The van der Waals surface area contributed by atoms with Crippen molar-refractivity contribution in [2.24, 2.45) is 0 Å². The fraction of sp³-hybridized carbons (Fsp3) is 0.556. The van der Waals surface area contributed by atoms with E-state index in [0.29, 0.717) is 0 Å². The van der Waals surface area contributed by atoms with Gasteiger partial charge in [-0.15, -0.1) is 0 Å². The third-order valence-corrected chi connectivity index (χ3v) is 6.17. The molecule has 0 aromatic carbocycles. The summed E-state index contributed by atoms with van der Waals surface area (Å²) in [6.07, 6.45) is -2.95. The minimum atomic E-state index is -3.90. The molecular formula is C9H11F5O2Si. The lowest BCUT2D eigenvalue weighted by Crippen LogP contribution is -2.62. The lowest BCUT2D eigenvalue weighted by Gasteiger charge is -2.38. The van der Waals surface area contributed by atoms with Gasteiger partial charge in [-0.25, -0.2) is 22.0 Å². The molecule has 0 heterocycles. The van der Waals surface area contributed by atoms with Crippen LogP contribution in [0.1, 0.15) is 0 Å². The quantitative estimate of drug-likeness (QED) is 0.582. The summed E-state index contributed by atoms with van der Waals surface area (Å²) in [7, 11) is -1.84. The smallest absolute Gasteiger partial charge is 0.381 e. The first kappa shape index (κ1) is 14.3. The van der Waals surface area contributed by atoms with Gasteiger partial charge in [0.05, 0.1) is 0 Å². The van der Waals surface area contributed by atoms with E-state index in [0.717, 1.165) is 20.8 Å². The molecule has 2 unspecified atom stereocenters. The molecule has 0 aliphatic heterocycles. The van der Waals surface area contributed by atoms with E-state index in [4.69, 9.17) is 8.85 Å². The zero-order valence-corrected chi connectivity index (χ0v) is 10.4. The average molecular weight is 274 g/mol. The monoisotopic (exact) mass is 274 g/mol. The fourth-order valence-corrected chi connectivity index (χ4v) is 3.26. The minimum Gasteiger partial charge on any atom is -0.396 e. The second kappa shape index (κ2) is 4.50. The summed E-state index contributed by atoms with van der Waals surface area (Å²) in [5, 5.41) is -3.17. The van der Waals surface area contributed by atoms with Crippen molar-refractivity contribution >= 4 is 8.56 Å². The predicted molar refractivity (Wildman–Crippen MR) is 52.8 cm³/mol. The van der Waals surface area contributed by atoms with Crippen LogP contribution in [0, 0.1) is 0 Å². The molecule has 0 saturated carbocycles. The maximum atomic E-state index is 14.4. The predicted octanol–water partition coefficient (Wildman–Crippen LogP) is 2.95. The van der Waals surface area contributed by atoms with Gasteiger partial charge in [0.25, 0.3) is 0 Å². The largest absolute Gasteiger partial charge is 0.396 e. The summed E-state index contributed by atoms with van der Waals surface area (Å²) >= 11 is 0. The van der Waals surface area contributed by atoms with Gasteiger partial charge in [-0.1, -0.05) is 0 Å². The van der Waals surface area contributed by atoms with Gasteiger partial charge >= 0.3 is 8.56 Å². The zero-order chi connectivity index (χ0) is 13.4. The van der Waals surface area contributed by atoms with Crippen LogP contribution < -0.4 is 0 Å². The molecule has 0 bridgehead atoms. The second-order valence-corrected chi connectivity index (χ2v) is 7.11. The molecule has 1 rings (SSSR count). The molecule has 1 aliphatic carbocycles. The summed E-state index contributed by atoms with van der Waals surface area (Å²) in [4.78, 5) is 0. The number of alkyl halides is 2. The summed E-state index contributed by atoms with van der Waals surface area (Å²) in [5.74, 6) is -5.96. The molecule has 0 amide bonds. The van der Waals surface area contributed by atoms with Gasteiger partial charge < -0.3 is 8.85 Å². The van der Waals surface area contributed by atoms with Gasteiger partial charge in [-0.05, 0) is 12.6 Å². The van der Waals surface area contributed by atoms with Crippen LogP contribution in [0.15, 0.2) is 23.6 Å². The molecule has 0 radical (unpaired) electrons. The number of halogens is 5. The third-order valence-electron chi connectivity index (χ3n) is 2.82. The van der Waals surface area contributed by atoms with E-state index in [1.165, 1.54) is 0 Å². The first-order chi connectivity index (χ1) is 7.73. The van der Waals surface area contributed by atoms with Gasteiger partial charge in [0, 0.05) is 14.2 Å². The molecule has 0 N–H and O–H groups in total. The van der Waals surface area contributed by atoms with Crippen molar-refractivity contribution in [2.75, 3.05) is 14.2 Å².